The summed E-state index contributed by atoms with van der Waals surface area (Å²) in [7, 11) is 0. The van der Waals surface area contributed by atoms with Gasteiger partial charge in [0, 0.05) is 45.3 Å². The van der Waals surface area contributed by atoms with Crippen LogP contribution in [-0.4, -0.2) is 73.2 Å². The molecule has 0 N–H and O–H groups in total. The number of halogens is 2. The molecule has 2 aliphatic heterocycles. The first-order valence-corrected chi connectivity index (χ1v) is 11.3. The van der Waals surface area contributed by atoms with Crippen molar-refractivity contribution in [3.63, 3.8) is 0 Å². The summed E-state index contributed by atoms with van der Waals surface area (Å²) in [5, 5.41) is 5.52. The fraction of sp³-hybridized carbons (Fsp3) is 0.667. The van der Waals surface area contributed by atoms with E-state index in [0.29, 0.717) is 16.1 Å². The van der Waals surface area contributed by atoms with Gasteiger partial charge in [0.15, 0.2) is 0 Å². The molecule has 2 saturated heterocycles. The van der Waals surface area contributed by atoms with Crippen LogP contribution in [0.3, 0.4) is 0 Å². The van der Waals surface area contributed by atoms with Gasteiger partial charge in [0.05, 0.1) is 15.7 Å². The lowest BCUT2D eigenvalue weighted by molar-refractivity contribution is -0.139. The van der Waals surface area contributed by atoms with Gasteiger partial charge >= 0.3 is 0 Å². The third-order valence-electron chi connectivity index (χ3n) is 6.44. The number of hydrazine groups is 1. The van der Waals surface area contributed by atoms with Crippen molar-refractivity contribution in [1.82, 2.24) is 14.9 Å². The predicted molar refractivity (Wildman–Crippen MR) is 115 cm³/mol. The van der Waals surface area contributed by atoms with Crippen molar-refractivity contribution in [2.75, 3.05) is 50.7 Å². The van der Waals surface area contributed by atoms with E-state index >= 15 is 0 Å². The van der Waals surface area contributed by atoms with Gasteiger partial charge in [-0.3, -0.25) is 14.7 Å². The van der Waals surface area contributed by atoms with Crippen LogP contribution in [0.1, 0.15) is 32.1 Å². The molecule has 0 spiro atoms. The number of piperazine rings is 1. The summed E-state index contributed by atoms with van der Waals surface area (Å²) < 4.78 is 0. The molecule has 3 aliphatic rings. The van der Waals surface area contributed by atoms with Crippen LogP contribution in [0.4, 0.5) is 5.69 Å². The van der Waals surface area contributed by atoms with Crippen molar-refractivity contribution in [2.45, 2.75) is 38.1 Å². The molecule has 0 atom stereocenters. The molecule has 3 fully saturated rings. The van der Waals surface area contributed by atoms with E-state index in [9.17, 15) is 4.79 Å². The van der Waals surface area contributed by atoms with Gasteiger partial charge in [-0.2, -0.15) is 0 Å². The van der Waals surface area contributed by atoms with Crippen LogP contribution in [0.2, 0.25) is 10.0 Å². The molecule has 0 radical (unpaired) electrons. The zero-order valence-corrected chi connectivity index (χ0v) is 17.9. The quantitative estimate of drug-likeness (QED) is 0.623. The molecular weight excluding hydrogens is 395 g/mol. The summed E-state index contributed by atoms with van der Waals surface area (Å²) in [6.07, 6.45) is 7.04. The van der Waals surface area contributed by atoms with E-state index in [1.807, 2.05) is 17.1 Å². The number of benzene rings is 1. The average Bonchev–Trinajstić information content (AvgIpc) is 3.56. The molecule has 1 saturated carbocycles. The highest BCUT2D eigenvalue weighted by atomic mass is 35.5. The van der Waals surface area contributed by atoms with Gasteiger partial charge in [-0.25, -0.2) is 5.01 Å². The number of carbonyl (C=O) groups is 1. The largest absolute Gasteiger partial charge is 0.368 e. The Balaban J connectivity index is 1.18. The lowest BCUT2D eigenvalue weighted by Gasteiger charge is -2.39. The van der Waals surface area contributed by atoms with Crippen LogP contribution in [-0.2, 0) is 4.79 Å². The highest BCUT2D eigenvalue weighted by Gasteiger charge is 2.34. The molecule has 1 aliphatic carbocycles. The van der Waals surface area contributed by atoms with Crippen molar-refractivity contribution in [3.05, 3.63) is 28.2 Å². The Morgan fingerprint density at radius 1 is 1.00 bits per heavy atom. The summed E-state index contributed by atoms with van der Waals surface area (Å²) in [4.78, 5) is 16.2. The highest BCUT2D eigenvalue weighted by Crippen LogP contribution is 2.33. The zero-order chi connectivity index (χ0) is 19.5. The second-order valence-corrected chi connectivity index (χ2v) is 9.09. The molecule has 4 rings (SSSR count). The van der Waals surface area contributed by atoms with E-state index in [4.69, 9.17) is 23.2 Å². The Morgan fingerprint density at radius 3 is 2.36 bits per heavy atom. The van der Waals surface area contributed by atoms with Crippen molar-refractivity contribution in [1.29, 1.82) is 0 Å². The molecule has 7 heteroatoms. The second-order valence-electron chi connectivity index (χ2n) is 8.30. The summed E-state index contributed by atoms with van der Waals surface area (Å²) in [6, 6.07) is 6.35. The molecule has 1 amide bonds. The Bertz CT molecular complexity index is 668. The van der Waals surface area contributed by atoms with Crippen LogP contribution in [0.25, 0.3) is 0 Å². The first-order chi connectivity index (χ1) is 13.7. The number of carbonyl (C=O) groups excluding carboxylic acids is 1. The van der Waals surface area contributed by atoms with Crippen LogP contribution < -0.4 is 4.90 Å². The lowest BCUT2D eigenvalue weighted by Crippen LogP contribution is -2.48. The van der Waals surface area contributed by atoms with Gasteiger partial charge in [-0.15, -0.1) is 0 Å². The van der Waals surface area contributed by atoms with Crippen LogP contribution in [0.15, 0.2) is 18.2 Å². The average molecular weight is 425 g/mol. The standard InChI is InChI=1S/C21H30Cl2N4O/c22-19-2-1-3-20(21(19)23)25-14-12-24(13-15-25)9-6-17-7-10-26(11-8-17)27(16-28)18-4-5-18/h1-3,16-18H,4-15H2. The maximum Gasteiger partial charge on any atom is 0.224 e. The van der Waals surface area contributed by atoms with Crippen LogP contribution >= 0.6 is 23.2 Å². The molecular formula is C21H30Cl2N4O. The Morgan fingerprint density at radius 2 is 1.71 bits per heavy atom. The molecule has 1 aromatic rings. The molecule has 0 aromatic heterocycles. The minimum atomic E-state index is 0.485. The minimum absolute atomic E-state index is 0.485. The lowest BCUT2D eigenvalue weighted by atomic mass is 9.94. The third kappa shape index (κ3) is 4.76. The monoisotopic (exact) mass is 424 g/mol. The Labute approximate surface area is 178 Å². The van der Waals surface area contributed by atoms with Crippen molar-refractivity contribution in [2.24, 2.45) is 5.92 Å². The van der Waals surface area contributed by atoms with E-state index in [2.05, 4.69) is 20.9 Å². The highest BCUT2D eigenvalue weighted by molar-refractivity contribution is 6.43. The van der Waals surface area contributed by atoms with Gasteiger partial charge in [-0.05, 0) is 56.7 Å². The van der Waals surface area contributed by atoms with E-state index in [0.717, 1.165) is 57.3 Å². The molecule has 0 bridgehead atoms. The fourth-order valence-corrected chi connectivity index (χ4v) is 4.89. The van der Waals surface area contributed by atoms with E-state index in [1.54, 1.807) is 0 Å². The number of nitrogens with zero attached hydrogens (tertiary/aromatic N) is 4. The summed E-state index contributed by atoms with van der Waals surface area (Å²) in [5.74, 6) is 0.782. The van der Waals surface area contributed by atoms with Crippen LogP contribution in [0, 0.1) is 5.92 Å². The van der Waals surface area contributed by atoms with Gasteiger partial charge in [-0.1, -0.05) is 29.3 Å². The number of hydrogen-bond donors (Lipinski definition) is 0. The summed E-state index contributed by atoms with van der Waals surface area (Å²) in [6.45, 7) is 7.36. The maximum atomic E-state index is 11.3. The topological polar surface area (TPSA) is 30.0 Å². The summed E-state index contributed by atoms with van der Waals surface area (Å²) in [5.41, 5.74) is 1.05. The minimum Gasteiger partial charge on any atom is -0.368 e. The first-order valence-electron chi connectivity index (χ1n) is 10.6. The maximum absolute atomic E-state index is 11.3. The molecule has 1 aromatic carbocycles. The fourth-order valence-electron chi connectivity index (χ4n) is 4.48. The first kappa shape index (κ1) is 20.3. The normalized spacial score (nSPS) is 22.4. The van der Waals surface area contributed by atoms with Crippen LogP contribution in [0.5, 0.6) is 0 Å². The van der Waals surface area contributed by atoms with Crippen molar-refractivity contribution >= 4 is 35.3 Å². The van der Waals surface area contributed by atoms with Gasteiger partial charge in [0.25, 0.3) is 0 Å². The SMILES string of the molecule is O=CN(C1CC1)N1CCC(CCN2CCN(c3cccc(Cl)c3Cl)CC2)CC1. The smallest absolute Gasteiger partial charge is 0.224 e. The predicted octanol–water partition coefficient (Wildman–Crippen LogP) is 3.75. The molecule has 0 unspecified atom stereocenters. The Hall–Kier alpha value is -1.01. The number of hydrogen-bond acceptors (Lipinski definition) is 4. The number of piperidine rings is 1. The Kier molecular flexibility index (Phi) is 6.66. The van der Waals surface area contributed by atoms with Gasteiger partial charge in [0.1, 0.15) is 0 Å². The molecule has 5 nitrogen and oxygen atoms in total. The number of anilines is 1. The number of rotatable bonds is 7. The summed E-state index contributed by atoms with van der Waals surface area (Å²) >= 11 is 12.5. The van der Waals surface area contributed by atoms with E-state index in [-0.39, 0.29) is 0 Å². The molecule has 154 valence electrons. The van der Waals surface area contributed by atoms with E-state index < -0.39 is 0 Å². The van der Waals surface area contributed by atoms with E-state index in [1.165, 1.54) is 38.6 Å². The van der Waals surface area contributed by atoms with Gasteiger partial charge in [0.2, 0.25) is 6.41 Å². The second kappa shape index (κ2) is 9.21. The molecule has 28 heavy (non-hydrogen) atoms. The van der Waals surface area contributed by atoms with Crippen molar-refractivity contribution < 1.29 is 4.79 Å². The third-order valence-corrected chi connectivity index (χ3v) is 7.25. The van der Waals surface area contributed by atoms with Gasteiger partial charge < -0.3 is 4.90 Å². The molecule has 2 heterocycles. The van der Waals surface area contributed by atoms with Crippen molar-refractivity contribution in [3.8, 4) is 0 Å². The zero-order valence-electron chi connectivity index (χ0n) is 16.4. The number of amides is 1.